The number of amides is 1. The van der Waals surface area contributed by atoms with Crippen molar-refractivity contribution in [1.29, 1.82) is 0 Å². The van der Waals surface area contributed by atoms with Crippen LogP contribution in [0.25, 0.3) is 0 Å². The Morgan fingerprint density at radius 3 is 2.22 bits per heavy atom. The molecule has 16 heteroatoms. The third-order valence-corrected chi connectivity index (χ3v) is 14.3. The fourth-order valence-electron chi connectivity index (χ4n) is 9.93. The molecule has 0 spiro atoms. The van der Waals surface area contributed by atoms with E-state index in [1.807, 2.05) is 13.8 Å². The first-order valence-corrected chi connectivity index (χ1v) is 24.1. The van der Waals surface area contributed by atoms with Crippen LogP contribution in [-0.4, -0.2) is 144 Å². The standard InChI is InChI=1S/C51H79NO15/c1-30(14-13-22-53)24-34(5)45(57)47(65-10)46(58)35(6)25-32(3)41(56)29-43(33(4)26-37-17-19-40(55)44(27-37)64-9)66-50(61)39-15-11-12-21-52(39)49(60)48(59)51(62)36(7)16-18-38(67-51)28-42(63-8)31(2)20-23-54/h13-14,20,22-23,25,30,32-34,36-40,42-44,46-47,55,58,62H,11-12,15-19,21,24,26-29H2,1-10H3/b14-13+,31-20+,35-25+/t30-,32-,33-,34-,36-,37-,38+,39+,40-,42+,43+,44-,46-,47+,51-/m1/s1. The normalized spacial score (nSPS) is 28.9. The van der Waals surface area contributed by atoms with Gasteiger partial charge in [0.25, 0.3) is 11.7 Å². The number of carbonyl (C=O) groups is 7. The number of allylic oxidation sites excluding steroid dienone is 4. The number of hydrogen-bond donors (Lipinski definition) is 3. The Morgan fingerprint density at radius 2 is 1.60 bits per heavy atom. The summed E-state index contributed by atoms with van der Waals surface area (Å²) < 4.78 is 28.8. The maximum absolute atomic E-state index is 14.4. The SMILES string of the molecule is CO[C@@H](C[C@@H]1CC[C@@H](C)[C@](O)(C(=O)C(=O)N2CCCC[C@H]2C(=O)O[C@@H](CC(=O)[C@H](C)/C=C(\C)[C@@H](O)[C@@H](OC)C(=O)[C@H](C)C[C@H](C)/C=C/C=O)[C@H](C)C[C@H]2CC[C@@H](O)[C@H](OC)C2)O1)/C(C)=C/C=O. The third kappa shape index (κ3) is 15.9. The van der Waals surface area contributed by atoms with E-state index in [-0.39, 0.29) is 61.2 Å². The Kier molecular flexibility index (Phi) is 23.6. The van der Waals surface area contributed by atoms with Gasteiger partial charge < -0.3 is 43.9 Å². The summed E-state index contributed by atoms with van der Waals surface area (Å²) in [7, 11) is 4.35. The van der Waals surface area contributed by atoms with Gasteiger partial charge in [-0.3, -0.25) is 28.8 Å². The molecule has 16 nitrogen and oxygen atoms in total. The maximum atomic E-state index is 14.4. The molecule has 0 radical (unpaired) electrons. The zero-order chi connectivity index (χ0) is 50.2. The van der Waals surface area contributed by atoms with Crippen molar-refractivity contribution in [2.75, 3.05) is 27.9 Å². The average Bonchev–Trinajstić information content (AvgIpc) is 3.30. The lowest BCUT2D eigenvalue weighted by Crippen LogP contribution is -2.61. The Morgan fingerprint density at radius 1 is 0.896 bits per heavy atom. The van der Waals surface area contributed by atoms with Crippen molar-refractivity contribution in [2.45, 2.75) is 180 Å². The number of aliphatic hydroxyl groups is 3. The van der Waals surface area contributed by atoms with E-state index in [4.69, 9.17) is 23.7 Å². The number of ether oxygens (including phenoxy) is 5. The number of methoxy groups -OCH3 is 3. The molecule has 2 heterocycles. The number of rotatable bonds is 26. The molecule has 0 aromatic rings. The highest BCUT2D eigenvalue weighted by Gasteiger charge is 2.53. The smallest absolute Gasteiger partial charge is 0.329 e. The molecule has 3 N–H and O–H groups in total. The summed E-state index contributed by atoms with van der Waals surface area (Å²) in [5, 5.41) is 33.6. The largest absolute Gasteiger partial charge is 0.460 e. The van der Waals surface area contributed by atoms with Crippen LogP contribution in [0.2, 0.25) is 0 Å². The van der Waals surface area contributed by atoms with Crippen molar-refractivity contribution >= 4 is 41.8 Å². The number of esters is 1. The lowest BCUT2D eigenvalue weighted by molar-refractivity contribution is -0.265. The molecule has 0 aromatic carbocycles. The number of likely N-dealkylation sites (tertiary alicyclic amines) is 1. The highest BCUT2D eigenvalue weighted by Crippen LogP contribution is 2.37. The van der Waals surface area contributed by atoms with Gasteiger partial charge in [0.1, 0.15) is 42.7 Å². The van der Waals surface area contributed by atoms with Gasteiger partial charge in [-0.25, -0.2) is 4.79 Å². The summed E-state index contributed by atoms with van der Waals surface area (Å²) in [5.74, 6) is -8.60. The highest BCUT2D eigenvalue weighted by molar-refractivity contribution is 6.39. The van der Waals surface area contributed by atoms with Crippen molar-refractivity contribution in [2.24, 2.45) is 35.5 Å². The van der Waals surface area contributed by atoms with E-state index in [1.54, 1.807) is 53.9 Å². The summed E-state index contributed by atoms with van der Waals surface area (Å²) in [6, 6.07) is -1.19. The quantitative estimate of drug-likeness (QED) is 0.0341. The minimum atomic E-state index is -2.48. The summed E-state index contributed by atoms with van der Waals surface area (Å²) in [6.07, 6.45) is 6.39. The van der Waals surface area contributed by atoms with Crippen LogP contribution in [0.3, 0.4) is 0 Å². The van der Waals surface area contributed by atoms with Gasteiger partial charge in [-0.1, -0.05) is 46.8 Å². The van der Waals surface area contributed by atoms with Gasteiger partial charge in [-0.15, -0.1) is 0 Å². The van der Waals surface area contributed by atoms with E-state index >= 15 is 0 Å². The van der Waals surface area contributed by atoms with Gasteiger partial charge in [-0.05, 0) is 119 Å². The van der Waals surface area contributed by atoms with E-state index < -0.39 is 83.9 Å². The van der Waals surface area contributed by atoms with Gasteiger partial charge in [0.2, 0.25) is 5.79 Å². The molecule has 0 aromatic heterocycles. The monoisotopic (exact) mass is 946 g/mol. The van der Waals surface area contributed by atoms with Crippen molar-refractivity contribution in [1.82, 2.24) is 4.90 Å². The molecular weight excluding hydrogens is 867 g/mol. The Hall–Kier alpha value is -3.77. The van der Waals surface area contributed by atoms with Crippen molar-refractivity contribution in [3.05, 3.63) is 35.5 Å². The maximum Gasteiger partial charge on any atom is 0.329 e. The zero-order valence-corrected chi connectivity index (χ0v) is 41.4. The number of ketones is 3. The molecule has 15 atom stereocenters. The first-order chi connectivity index (χ1) is 31.7. The third-order valence-electron chi connectivity index (χ3n) is 14.3. The minimum Gasteiger partial charge on any atom is -0.460 e. The molecule has 2 saturated heterocycles. The van der Waals surface area contributed by atoms with Gasteiger partial charge >= 0.3 is 5.97 Å². The highest BCUT2D eigenvalue weighted by atomic mass is 16.6. The summed E-state index contributed by atoms with van der Waals surface area (Å²) in [4.78, 5) is 93.1. The number of Topliss-reactive ketones (excluding diaryl/α,β-unsaturated/α-hetero) is 3. The molecular formula is C51H79NO15. The molecule has 1 aliphatic carbocycles. The molecule has 1 amide bonds. The Bertz CT molecular complexity index is 1780. The Balaban J connectivity index is 1.85. The molecule has 378 valence electrons. The molecule has 3 aliphatic rings. The summed E-state index contributed by atoms with van der Waals surface area (Å²) in [6.45, 7) is 12.1. The zero-order valence-electron chi connectivity index (χ0n) is 41.4. The van der Waals surface area contributed by atoms with Gasteiger partial charge in [0, 0.05) is 58.5 Å². The van der Waals surface area contributed by atoms with Gasteiger partial charge in [0.15, 0.2) is 5.78 Å². The van der Waals surface area contributed by atoms with Crippen molar-refractivity contribution < 1.29 is 72.6 Å². The minimum absolute atomic E-state index is 0.0467. The second-order valence-electron chi connectivity index (χ2n) is 19.5. The van der Waals surface area contributed by atoms with E-state index in [1.165, 1.54) is 26.4 Å². The molecule has 0 bridgehead atoms. The predicted octanol–water partition coefficient (Wildman–Crippen LogP) is 5.01. The second kappa shape index (κ2) is 27.4. The van der Waals surface area contributed by atoms with E-state index in [9.17, 15) is 48.9 Å². The molecule has 3 fully saturated rings. The van der Waals surface area contributed by atoms with Crippen LogP contribution in [0.15, 0.2) is 35.5 Å². The molecule has 3 rings (SSSR count). The molecule has 67 heavy (non-hydrogen) atoms. The molecule has 1 saturated carbocycles. The van der Waals surface area contributed by atoms with Crippen molar-refractivity contribution in [3.8, 4) is 0 Å². The van der Waals surface area contributed by atoms with E-state index in [0.29, 0.717) is 81.5 Å². The summed E-state index contributed by atoms with van der Waals surface area (Å²) >= 11 is 0. The van der Waals surface area contributed by atoms with E-state index in [2.05, 4.69) is 0 Å². The van der Waals surface area contributed by atoms with Crippen LogP contribution in [0.5, 0.6) is 0 Å². The summed E-state index contributed by atoms with van der Waals surface area (Å²) in [5.41, 5.74) is 0.970. The van der Waals surface area contributed by atoms with Gasteiger partial charge in [-0.2, -0.15) is 0 Å². The molecule has 2 aliphatic heterocycles. The number of aliphatic hydroxyl groups excluding tert-OH is 2. The fourth-order valence-corrected chi connectivity index (χ4v) is 9.93. The first kappa shape index (κ1) is 57.5. The second-order valence-corrected chi connectivity index (χ2v) is 19.5. The number of aldehydes is 2. The number of hydrogen-bond acceptors (Lipinski definition) is 15. The predicted molar refractivity (Wildman–Crippen MR) is 248 cm³/mol. The topological polar surface area (TPSA) is 230 Å². The van der Waals surface area contributed by atoms with Crippen LogP contribution >= 0.6 is 0 Å². The van der Waals surface area contributed by atoms with Crippen LogP contribution in [0, 0.1) is 35.5 Å². The lowest BCUT2D eigenvalue weighted by atomic mass is 9.78. The van der Waals surface area contributed by atoms with Crippen LogP contribution in [0.4, 0.5) is 0 Å². The van der Waals surface area contributed by atoms with E-state index in [0.717, 1.165) is 4.90 Å². The number of carbonyl (C=O) groups excluding carboxylic acids is 7. The van der Waals surface area contributed by atoms with Crippen LogP contribution in [-0.2, 0) is 57.2 Å². The van der Waals surface area contributed by atoms with Crippen LogP contribution in [0.1, 0.15) is 126 Å². The Labute approximate surface area is 397 Å². The first-order valence-electron chi connectivity index (χ1n) is 24.1. The fraction of sp³-hybridized carbons (Fsp3) is 0.745. The van der Waals surface area contributed by atoms with Gasteiger partial charge in [0.05, 0.1) is 24.4 Å². The van der Waals surface area contributed by atoms with Crippen LogP contribution < -0.4 is 0 Å². The number of nitrogens with zero attached hydrogens (tertiary/aromatic N) is 1. The van der Waals surface area contributed by atoms with Crippen molar-refractivity contribution in [3.63, 3.8) is 0 Å². The average molecular weight is 946 g/mol. The molecule has 0 unspecified atom stereocenters. The lowest BCUT2D eigenvalue weighted by Gasteiger charge is -2.42. The number of piperidine rings is 1.